The molecule has 150 valence electrons. The summed E-state index contributed by atoms with van der Waals surface area (Å²) in [5.74, 6) is -0.824. The summed E-state index contributed by atoms with van der Waals surface area (Å²) in [5.41, 5.74) is 0. The second kappa shape index (κ2) is 10.2. The number of carbonyl (C=O) groups excluding carboxylic acids is 2. The quantitative estimate of drug-likeness (QED) is 0.456. The summed E-state index contributed by atoms with van der Waals surface area (Å²) in [6, 6.07) is -0.317. The van der Waals surface area contributed by atoms with Gasteiger partial charge in [0, 0.05) is 44.6 Å². The van der Waals surface area contributed by atoms with Gasteiger partial charge in [-0.15, -0.1) is 0 Å². The lowest BCUT2D eigenvalue weighted by Gasteiger charge is -2.30. The maximum Gasteiger partial charge on any atom is 0.224 e. The first-order valence-corrected chi connectivity index (χ1v) is 11.2. The number of methoxy groups -OCH3 is 1. The average molecular weight is 390 g/mol. The molecule has 0 aromatic heterocycles. The van der Waals surface area contributed by atoms with Crippen molar-refractivity contribution < 1.29 is 22.7 Å². The normalized spacial score (nSPS) is 27.8. The first kappa shape index (κ1) is 21.1. The highest BCUT2D eigenvalue weighted by atomic mass is 32.2. The van der Waals surface area contributed by atoms with Crippen LogP contribution in [0.15, 0.2) is 0 Å². The van der Waals surface area contributed by atoms with Crippen LogP contribution in [-0.4, -0.2) is 71.1 Å². The highest BCUT2D eigenvalue weighted by Crippen LogP contribution is 2.30. The topological polar surface area (TPSA) is 114 Å². The Morgan fingerprint density at radius 1 is 1.00 bits per heavy atom. The lowest BCUT2D eigenvalue weighted by Crippen LogP contribution is -2.47. The van der Waals surface area contributed by atoms with Crippen LogP contribution in [0.25, 0.3) is 0 Å². The van der Waals surface area contributed by atoms with Gasteiger partial charge in [-0.25, -0.2) is 8.42 Å². The smallest absolute Gasteiger partial charge is 0.224 e. The Bertz CT molecular complexity index is 581. The molecule has 9 heteroatoms. The Balaban J connectivity index is 1.80. The van der Waals surface area contributed by atoms with Gasteiger partial charge in [0.1, 0.15) is 0 Å². The number of carbonyl (C=O) groups is 2. The highest BCUT2D eigenvalue weighted by Gasteiger charge is 2.37. The fourth-order valence-electron chi connectivity index (χ4n) is 3.68. The van der Waals surface area contributed by atoms with Crippen LogP contribution in [0.5, 0.6) is 0 Å². The molecular formula is C17H31N3O5S. The molecule has 1 saturated heterocycles. The predicted molar refractivity (Wildman–Crippen MR) is 98.4 cm³/mol. The molecular weight excluding hydrogens is 358 g/mol. The average Bonchev–Trinajstić information content (AvgIpc) is 2.96. The Morgan fingerprint density at radius 3 is 2.31 bits per heavy atom. The van der Waals surface area contributed by atoms with Crippen molar-refractivity contribution >= 4 is 21.7 Å². The predicted octanol–water partition coefficient (Wildman–Crippen LogP) is -0.552. The molecule has 1 heterocycles. The Labute approximate surface area is 155 Å². The lowest BCUT2D eigenvalue weighted by atomic mass is 9.78. The molecule has 2 amide bonds. The lowest BCUT2D eigenvalue weighted by molar-refractivity contribution is -0.136. The van der Waals surface area contributed by atoms with Gasteiger partial charge < -0.3 is 20.7 Å². The first-order valence-electron chi connectivity index (χ1n) is 9.41. The van der Waals surface area contributed by atoms with Crippen LogP contribution >= 0.6 is 0 Å². The number of sulfone groups is 1. The van der Waals surface area contributed by atoms with Crippen molar-refractivity contribution in [2.45, 2.75) is 38.1 Å². The van der Waals surface area contributed by atoms with Crippen LogP contribution in [0.1, 0.15) is 32.1 Å². The van der Waals surface area contributed by atoms with Crippen LogP contribution < -0.4 is 16.0 Å². The van der Waals surface area contributed by atoms with Gasteiger partial charge in [-0.05, 0) is 19.3 Å². The van der Waals surface area contributed by atoms with Crippen molar-refractivity contribution in [2.24, 2.45) is 11.8 Å². The molecule has 1 aliphatic heterocycles. The van der Waals surface area contributed by atoms with E-state index in [4.69, 9.17) is 4.74 Å². The first-order chi connectivity index (χ1) is 12.4. The van der Waals surface area contributed by atoms with E-state index in [0.29, 0.717) is 39.0 Å². The van der Waals surface area contributed by atoms with Crippen LogP contribution in [-0.2, 0) is 24.2 Å². The Kier molecular flexibility index (Phi) is 8.30. The van der Waals surface area contributed by atoms with Crippen molar-refractivity contribution in [3.8, 4) is 0 Å². The van der Waals surface area contributed by atoms with E-state index in [2.05, 4.69) is 16.0 Å². The summed E-state index contributed by atoms with van der Waals surface area (Å²) in [6.45, 7) is 2.51. The SMILES string of the molecule is COCCNCCNC(=O)C1CCCCC1C(=O)NC1CCS(=O)(=O)C1. The molecule has 26 heavy (non-hydrogen) atoms. The van der Waals surface area contributed by atoms with Crippen LogP contribution in [0.3, 0.4) is 0 Å². The minimum absolute atomic E-state index is 0.00939. The summed E-state index contributed by atoms with van der Waals surface area (Å²) in [5, 5.41) is 8.92. The van der Waals surface area contributed by atoms with E-state index >= 15 is 0 Å². The van der Waals surface area contributed by atoms with Gasteiger partial charge in [0.2, 0.25) is 11.8 Å². The number of hydrogen-bond acceptors (Lipinski definition) is 6. The molecule has 8 nitrogen and oxygen atoms in total. The van der Waals surface area contributed by atoms with Gasteiger partial charge in [-0.2, -0.15) is 0 Å². The largest absolute Gasteiger partial charge is 0.383 e. The molecule has 0 spiro atoms. The van der Waals surface area contributed by atoms with Crippen molar-refractivity contribution in [2.75, 3.05) is 44.9 Å². The zero-order valence-electron chi connectivity index (χ0n) is 15.5. The minimum atomic E-state index is -3.03. The van der Waals surface area contributed by atoms with Crippen molar-refractivity contribution in [1.29, 1.82) is 0 Å². The molecule has 0 aromatic carbocycles. The molecule has 3 unspecified atom stereocenters. The molecule has 0 radical (unpaired) electrons. The third-order valence-electron chi connectivity index (χ3n) is 5.10. The van der Waals surface area contributed by atoms with E-state index in [1.54, 1.807) is 7.11 Å². The number of rotatable bonds is 9. The summed E-state index contributed by atoms with van der Waals surface area (Å²) < 4.78 is 28.0. The van der Waals surface area contributed by atoms with Crippen LogP contribution in [0.2, 0.25) is 0 Å². The molecule has 2 rings (SSSR count). The number of hydrogen-bond donors (Lipinski definition) is 3. The maximum atomic E-state index is 12.6. The summed E-state index contributed by atoms with van der Waals surface area (Å²) in [6.07, 6.45) is 3.69. The monoisotopic (exact) mass is 389 g/mol. The number of amides is 2. The Hall–Kier alpha value is -1.19. The van der Waals surface area contributed by atoms with E-state index in [9.17, 15) is 18.0 Å². The Morgan fingerprint density at radius 2 is 1.69 bits per heavy atom. The second-order valence-corrected chi connectivity index (χ2v) is 9.37. The van der Waals surface area contributed by atoms with Gasteiger partial charge in [0.15, 0.2) is 9.84 Å². The maximum absolute atomic E-state index is 12.6. The fraction of sp³-hybridized carbons (Fsp3) is 0.882. The van der Waals surface area contributed by atoms with Crippen LogP contribution in [0.4, 0.5) is 0 Å². The number of ether oxygens (including phenoxy) is 1. The second-order valence-electron chi connectivity index (χ2n) is 7.14. The summed E-state index contributed by atoms with van der Waals surface area (Å²) in [7, 11) is -1.40. The van der Waals surface area contributed by atoms with Crippen molar-refractivity contribution in [3.05, 3.63) is 0 Å². The third kappa shape index (κ3) is 6.51. The summed E-state index contributed by atoms with van der Waals surface area (Å²) >= 11 is 0. The van der Waals surface area contributed by atoms with E-state index < -0.39 is 9.84 Å². The van der Waals surface area contributed by atoms with E-state index in [1.807, 2.05) is 0 Å². The standard InChI is InChI=1S/C17H31N3O5S/c1-25-10-9-18-7-8-19-16(21)14-4-2-3-5-15(14)17(22)20-13-6-11-26(23,24)12-13/h13-15,18H,2-12H2,1H3,(H,19,21)(H,20,22). The third-order valence-corrected chi connectivity index (χ3v) is 6.87. The molecule has 2 aliphatic rings. The van der Waals surface area contributed by atoms with Crippen LogP contribution in [0, 0.1) is 11.8 Å². The molecule has 0 bridgehead atoms. The van der Waals surface area contributed by atoms with E-state index in [1.165, 1.54) is 0 Å². The van der Waals surface area contributed by atoms with Crippen molar-refractivity contribution in [3.63, 3.8) is 0 Å². The van der Waals surface area contributed by atoms with Gasteiger partial charge >= 0.3 is 0 Å². The zero-order valence-corrected chi connectivity index (χ0v) is 16.3. The van der Waals surface area contributed by atoms with Gasteiger partial charge in [-0.3, -0.25) is 9.59 Å². The van der Waals surface area contributed by atoms with E-state index in [0.717, 1.165) is 19.4 Å². The zero-order chi connectivity index (χ0) is 19.0. The molecule has 1 aliphatic carbocycles. The van der Waals surface area contributed by atoms with E-state index in [-0.39, 0.29) is 41.2 Å². The summed E-state index contributed by atoms with van der Waals surface area (Å²) in [4.78, 5) is 25.1. The molecule has 1 saturated carbocycles. The number of nitrogens with one attached hydrogen (secondary N) is 3. The molecule has 0 aromatic rings. The fourth-order valence-corrected chi connectivity index (χ4v) is 5.35. The van der Waals surface area contributed by atoms with Crippen molar-refractivity contribution in [1.82, 2.24) is 16.0 Å². The van der Waals surface area contributed by atoms with Gasteiger partial charge in [-0.1, -0.05) is 12.8 Å². The van der Waals surface area contributed by atoms with Gasteiger partial charge in [0.25, 0.3) is 0 Å². The molecule has 3 N–H and O–H groups in total. The molecule has 3 atom stereocenters. The molecule has 2 fully saturated rings. The minimum Gasteiger partial charge on any atom is -0.383 e. The highest BCUT2D eigenvalue weighted by molar-refractivity contribution is 7.91. The van der Waals surface area contributed by atoms with Gasteiger partial charge in [0.05, 0.1) is 18.1 Å².